The Bertz CT molecular complexity index is 508. The zero-order valence-electron chi connectivity index (χ0n) is 11.9. The van der Waals surface area contributed by atoms with Crippen molar-refractivity contribution in [2.45, 2.75) is 25.9 Å². The van der Waals surface area contributed by atoms with Gasteiger partial charge in [-0.3, -0.25) is 9.59 Å². The molecule has 0 aromatic heterocycles. The normalized spacial score (nSPS) is 17.4. The number of amides is 2. The Morgan fingerprint density at radius 2 is 1.86 bits per heavy atom. The van der Waals surface area contributed by atoms with Gasteiger partial charge in [-0.15, -0.1) is 0 Å². The van der Waals surface area contributed by atoms with Crippen LogP contribution in [0.25, 0.3) is 0 Å². The van der Waals surface area contributed by atoms with E-state index in [0.29, 0.717) is 23.8 Å². The second-order valence-corrected chi connectivity index (χ2v) is 5.77. The van der Waals surface area contributed by atoms with Gasteiger partial charge in [0, 0.05) is 23.8 Å². The Kier molecular flexibility index (Phi) is 5.20. The lowest BCUT2D eigenvalue weighted by Crippen LogP contribution is -2.45. The van der Waals surface area contributed by atoms with E-state index in [2.05, 4.69) is 5.32 Å². The molecule has 0 radical (unpaired) electrons. The summed E-state index contributed by atoms with van der Waals surface area (Å²) in [6.45, 7) is 2.76. The molecule has 1 aliphatic rings. The Hall–Kier alpha value is -1.59. The highest BCUT2D eigenvalue weighted by Gasteiger charge is 2.28. The standard InChI is InChI=1S/C15H19ClN2O3/c1-10(19)11-6-8-18(9-7-11)15(21)14(20)17-13-4-2-12(16)3-5-13/h2-5,10-11,19H,6-9H2,1H3,(H,17,20). The van der Waals surface area contributed by atoms with Crippen LogP contribution in [0.2, 0.25) is 5.02 Å². The van der Waals surface area contributed by atoms with E-state index < -0.39 is 11.8 Å². The number of halogens is 1. The number of aliphatic hydroxyl groups excluding tert-OH is 1. The SMILES string of the molecule is CC(O)C1CCN(C(=O)C(=O)Nc2ccc(Cl)cc2)CC1. The van der Waals surface area contributed by atoms with E-state index in [1.807, 2.05) is 0 Å². The van der Waals surface area contributed by atoms with Crippen LogP contribution in [0.1, 0.15) is 19.8 Å². The fourth-order valence-electron chi connectivity index (χ4n) is 2.45. The quantitative estimate of drug-likeness (QED) is 0.820. The van der Waals surface area contributed by atoms with Crippen molar-refractivity contribution in [1.82, 2.24) is 4.90 Å². The third-order valence-electron chi connectivity index (χ3n) is 3.81. The topological polar surface area (TPSA) is 69.6 Å². The highest BCUT2D eigenvalue weighted by Crippen LogP contribution is 2.21. The van der Waals surface area contributed by atoms with E-state index in [4.69, 9.17) is 11.6 Å². The zero-order chi connectivity index (χ0) is 15.4. The first kappa shape index (κ1) is 15.8. The maximum atomic E-state index is 12.1. The molecule has 2 amide bonds. The van der Waals surface area contributed by atoms with Crippen LogP contribution in [0.4, 0.5) is 5.69 Å². The number of nitrogens with one attached hydrogen (secondary N) is 1. The number of anilines is 1. The Balaban J connectivity index is 1.88. The molecule has 1 unspecified atom stereocenters. The van der Waals surface area contributed by atoms with Gasteiger partial charge >= 0.3 is 11.8 Å². The average molecular weight is 311 g/mol. The maximum Gasteiger partial charge on any atom is 0.313 e. The van der Waals surface area contributed by atoms with Gasteiger partial charge in [-0.05, 0) is 49.9 Å². The summed E-state index contributed by atoms with van der Waals surface area (Å²) in [5.41, 5.74) is 0.539. The minimum atomic E-state index is -0.646. The van der Waals surface area contributed by atoms with Crippen LogP contribution in [0.5, 0.6) is 0 Å². The molecule has 6 heteroatoms. The van der Waals surface area contributed by atoms with Crippen LogP contribution in [0, 0.1) is 5.92 Å². The number of rotatable bonds is 2. The predicted octanol–water partition coefficient (Wildman–Crippen LogP) is 1.90. The minimum Gasteiger partial charge on any atom is -0.393 e. The summed E-state index contributed by atoms with van der Waals surface area (Å²) in [6.07, 6.45) is 1.07. The lowest BCUT2D eigenvalue weighted by atomic mass is 9.92. The number of benzene rings is 1. The van der Waals surface area contributed by atoms with Crippen molar-refractivity contribution in [3.63, 3.8) is 0 Å². The summed E-state index contributed by atoms with van der Waals surface area (Å²) in [5.74, 6) is -0.977. The van der Waals surface area contributed by atoms with Crippen molar-refractivity contribution in [2.24, 2.45) is 5.92 Å². The number of carbonyl (C=O) groups is 2. The van der Waals surface area contributed by atoms with Crippen LogP contribution in [0.15, 0.2) is 24.3 Å². The molecular weight excluding hydrogens is 292 g/mol. The second-order valence-electron chi connectivity index (χ2n) is 5.33. The molecule has 2 rings (SSSR count). The number of aliphatic hydroxyl groups is 1. The highest BCUT2D eigenvalue weighted by molar-refractivity contribution is 6.39. The van der Waals surface area contributed by atoms with Crippen molar-refractivity contribution in [3.05, 3.63) is 29.3 Å². The van der Waals surface area contributed by atoms with E-state index >= 15 is 0 Å². The van der Waals surface area contributed by atoms with Crippen molar-refractivity contribution in [3.8, 4) is 0 Å². The number of piperidine rings is 1. The van der Waals surface area contributed by atoms with Crippen molar-refractivity contribution in [1.29, 1.82) is 0 Å². The van der Waals surface area contributed by atoms with E-state index in [9.17, 15) is 14.7 Å². The van der Waals surface area contributed by atoms with Gasteiger partial charge in [0.15, 0.2) is 0 Å². The first-order valence-electron chi connectivity index (χ1n) is 7.01. The molecule has 1 fully saturated rings. The summed E-state index contributed by atoms with van der Waals surface area (Å²) in [7, 11) is 0. The molecule has 21 heavy (non-hydrogen) atoms. The van der Waals surface area contributed by atoms with Crippen LogP contribution in [-0.4, -0.2) is 41.0 Å². The third kappa shape index (κ3) is 4.19. The molecule has 0 spiro atoms. The van der Waals surface area contributed by atoms with Crippen molar-refractivity contribution < 1.29 is 14.7 Å². The first-order valence-corrected chi connectivity index (χ1v) is 7.39. The number of hydrogen-bond donors (Lipinski definition) is 2. The third-order valence-corrected chi connectivity index (χ3v) is 4.06. The lowest BCUT2D eigenvalue weighted by Gasteiger charge is -2.32. The van der Waals surface area contributed by atoms with Gasteiger partial charge in [0.25, 0.3) is 0 Å². The summed E-state index contributed by atoms with van der Waals surface area (Å²) < 4.78 is 0. The molecule has 2 N–H and O–H groups in total. The smallest absolute Gasteiger partial charge is 0.313 e. The molecule has 114 valence electrons. The summed E-state index contributed by atoms with van der Waals surface area (Å²) >= 11 is 5.76. The molecule has 1 aliphatic heterocycles. The van der Waals surface area contributed by atoms with Crippen LogP contribution in [-0.2, 0) is 9.59 Å². The van der Waals surface area contributed by atoms with Crippen LogP contribution < -0.4 is 5.32 Å². The van der Waals surface area contributed by atoms with Gasteiger partial charge in [-0.1, -0.05) is 11.6 Å². The molecule has 0 bridgehead atoms. The second kappa shape index (κ2) is 6.91. The van der Waals surface area contributed by atoms with Gasteiger partial charge in [0.1, 0.15) is 0 Å². The van der Waals surface area contributed by atoms with Gasteiger partial charge in [-0.25, -0.2) is 0 Å². The number of carbonyl (C=O) groups excluding carboxylic acids is 2. The predicted molar refractivity (Wildman–Crippen MR) is 81.1 cm³/mol. The van der Waals surface area contributed by atoms with Gasteiger partial charge < -0.3 is 15.3 Å². The van der Waals surface area contributed by atoms with E-state index in [1.165, 1.54) is 4.90 Å². The molecule has 5 nitrogen and oxygen atoms in total. The van der Waals surface area contributed by atoms with Crippen molar-refractivity contribution in [2.75, 3.05) is 18.4 Å². The zero-order valence-corrected chi connectivity index (χ0v) is 12.6. The highest BCUT2D eigenvalue weighted by atomic mass is 35.5. The van der Waals surface area contributed by atoms with Crippen LogP contribution in [0.3, 0.4) is 0 Å². The lowest BCUT2D eigenvalue weighted by molar-refractivity contribution is -0.144. The average Bonchev–Trinajstić information content (AvgIpc) is 2.49. The van der Waals surface area contributed by atoms with Crippen LogP contribution >= 0.6 is 11.6 Å². The number of nitrogens with zero attached hydrogens (tertiary/aromatic N) is 1. The minimum absolute atomic E-state index is 0.202. The molecule has 0 aliphatic carbocycles. The maximum absolute atomic E-state index is 12.1. The van der Waals surface area contributed by atoms with Gasteiger partial charge in [0.05, 0.1) is 6.10 Å². The Labute approximate surface area is 128 Å². The molecular formula is C15H19ClN2O3. The van der Waals surface area contributed by atoms with E-state index in [1.54, 1.807) is 31.2 Å². The summed E-state index contributed by atoms with van der Waals surface area (Å²) in [4.78, 5) is 25.5. The van der Waals surface area contributed by atoms with Gasteiger partial charge in [-0.2, -0.15) is 0 Å². The summed E-state index contributed by atoms with van der Waals surface area (Å²) in [5, 5.41) is 12.7. The van der Waals surface area contributed by atoms with E-state index in [0.717, 1.165) is 12.8 Å². The van der Waals surface area contributed by atoms with Gasteiger partial charge in [0.2, 0.25) is 0 Å². The number of likely N-dealkylation sites (tertiary alicyclic amines) is 1. The molecule has 1 atom stereocenters. The monoisotopic (exact) mass is 310 g/mol. The largest absolute Gasteiger partial charge is 0.393 e. The molecule has 1 saturated heterocycles. The molecule has 1 heterocycles. The number of hydrogen-bond acceptors (Lipinski definition) is 3. The Morgan fingerprint density at radius 3 is 2.38 bits per heavy atom. The van der Waals surface area contributed by atoms with Crippen molar-refractivity contribution >= 4 is 29.1 Å². The first-order chi connectivity index (χ1) is 9.97. The molecule has 1 aromatic rings. The molecule has 1 aromatic carbocycles. The fourth-order valence-corrected chi connectivity index (χ4v) is 2.57. The van der Waals surface area contributed by atoms with E-state index in [-0.39, 0.29) is 12.0 Å². The molecule has 0 saturated carbocycles. The fraction of sp³-hybridized carbons (Fsp3) is 0.467. The Morgan fingerprint density at radius 1 is 1.29 bits per heavy atom. The summed E-state index contributed by atoms with van der Waals surface area (Å²) in [6, 6.07) is 6.59.